The Labute approximate surface area is 90.1 Å². The minimum absolute atomic E-state index is 0.194. The molecule has 0 spiro atoms. The SMILES string of the molecule is CN(CCC#N)C(=O)CN(C)S(C)(=O)=O. The number of amides is 1. The van der Waals surface area contributed by atoms with Gasteiger partial charge in [-0.2, -0.15) is 9.57 Å². The van der Waals surface area contributed by atoms with E-state index in [2.05, 4.69) is 0 Å². The van der Waals surface area contributed by atoms with Crippen molar-refractivity contribution >= 4 is 15.9 Å². The van der Waals surface area contributed by atoms with Gasteiger partial charge in [0.1, 0.15) is 0 Å². The number of likely N-dealkylation sites (N-methyl/N-ethyl adjacent to an activating group) is 2. The normalized spacial score (nSPS) is 11.1. The molecule has 0 fully saturated rings. The first-order valence-electron chi connectivity index (χ1n) is 4.31. The molecule has 0 bridgehead atoms. The van der Waals surface area contributed by atoms with Gasteiger partial charge in [-0.1, -0.05) is 0 Å². The Hall–Kier alpha value is -1.13. The van der Waals surface area contributed by atoms with E-state index in [0.29, 0.717) is 6.54 Å². The molecular weight excluding hydrogens is 218 g/mol. The van der Waals surface area contributed by atoms with Gasteiger partial charge in [-0.05, 0) is 0 Å². The van der Waals surface area contributed by atoms with Crippen LogP contribution in [0, 0.1) is 11.3 Å². The van der Waals surface area contributed by atoms with Crippen LogP contribution in [0.3, 0.4) is 0 Å². The van der Waals surface area contributed by atoms with Crippen LogP contribution in [0.25, 0.3) is 0 Å². The first kappa shape index (κ1) is 13.9. The summed E-state index contributed by atoms with van der Waals surface area (Å²) in [6, 6.07) is 1.91. The maximum atomic E-state index is 11.4. The average Bonchev–Trinajstić information content (AvgIpc) is 2.12. The number of carbonyl (C=O) groups is 1. The van der Waals surface area contributed by atoms with E-state index in [4.69, 9.17) is 5.26 Å². The number of carbonyl (C=O) groups excluding carboxylic acids is 1. The predicted molar refractivity (Wildman–Crippen MR) is 55.3 cm³/mol. The van der Waals surface area contributed by atoms with Crippen LogP contribution in [0.15, 0.2) is 0 Å². The molecule has 0 aliphatic carbocycles. The molecule has 1 amide bonds. The molecule has 0 N–H and O–H groups in total. The van der Waals surface area contributed by atoms with Crippen LogP contribution in [-0.2, 0) is 14.8 Å². The summed E-state index contributed by atoms with van der Waals surface area (Å²) in [6.45, 7) is 0.119. The Morgan fingerprint density at radius 1 is 1.40 bits per heavy atom. The number of hydrogen-bond donors (Lipinski definition) is 0. The van der Waals surface area contributed by atoms with Gasteiger partial charge in [0.15, 0.2) is 0 Å². The van der Waals surface area contributed by atoms with Crippen molar-refractivity contribution in [3.8, 4) is 6.07 Å². The molecule has 0 aromatic rings. The summed E-state index contributed by atoms with van der Waals surface area (Å²) >= 11 is 0. The summed E-state index contributed by atoms with van der Waals surface area (Å²) in [5, 5.41) is 8.31. The van der Waals surface area contributed by atoms with Gasteiger partial charge in [-0.25, -0.2) is 8.42 Å². The van der Waals surface area contributed by atoms with Crippen molar-refractivity contribution in [2.24, 2.45) is 0 Å². The van der Waals surface area contributed by atoms with Crippen molar-refractivity contribution in [2.75, 3.05) is 33.4 Å². The van der Waals surface area contributed by atoms with E-state index in [1.54, 1.807) is 0 Å². The van der Waals surface area contributed by atoms with Gasteiger partial charge in [0.2, 0.25) is 15.9 Å². The van der Waals surface area contributed by atoms with Gasteiger partial charge in [0, 0.05) is 20.6 Å². The van der Waals surface area contributed by atoms with Crippen molar-refractivity contribution in [3.63, 3.8) is 0 Å². The summed E-state index contributed by atoms with van der Waals surface area (Å²) in [7, 11) is -0.455. The second-order valence-electron chi connectivity index (χ2n) is 3.24. The maximum Gasteiger partial charge on any atom is 0.237 e. The standard InChI is InChI=1S/C8H15N3O3S/c1-10(6-4-5-9)8(12)7-11(2)15(3,13)14/h4,6-7H2,1-3H3. The number of nitriles is 1. The first-order valence-corrected chi connectivity index (χ1v) is 6.16. The van der Waals surface area contributed by atoms with Crippen molar-refractivity contribution in [2.45, 2.75) is 6.42 Å². The molecule has 0 atom stereocenters. The number of hydrogen-bond acceptors (Lipinski definition) is 4. The molecule has 86 valence electrons. The van der Waals surface area contributed by atoms with E-state index in [1.807, 2.05) is 6.07 Å². The quantitative estimate of drug-likeness (QED) is 0.625. The third-order valence-electron chi connectivity index (χ3n) is 1.91. The van der Waals surface area contributed by atoms with E-state index in [-0.39, 0.29) is 18.9 Å². The monoisotopic (exact) mass is 233 g/mol. The lowest BCUT2D eigenvalue weighted by molar-refractivity contribution is -0.129. The molecule has 6 nitrogen and oxygen atoms in total. The van der Waals surface area contributed by atoms with E-state index >= 15 is 0 Å². The summed E-state index contributed by atoms with van der Waals surface area (Å²) in [5.74, 6) is -0.321. The minimum atomic E-state index is -3.33. The average molecular weight is 233 g/mol. The molecule has 0 heterocycles. The smallest absolute Gasteiger partial charge is 0.237 e. The van der Waals surface area contributed by atoms with Crippen molar-refractivity contribution in [3.05, 3.63) is 0 Å². The van der Waals surface area contributed by atoms with Crippen LogP contribution >= 0.6 is 0 Å². The fourth-order valence-corrected chi connectivity index (χ4v) is 1.12. The molecule has 0 aliphatic heterocycles. The largest absolute Gasteiger partial charge is 0.344 e. The highest BCUT2D eigenvalue weighted by molar-refractivity contribution is 7.88. The second kappa shape index (κ2) is 5.68. The van der Waals surface area contributed by atoms with Crippen LogP contribution in [0.4, 0.5) is 0 Å². The van der Waals surface area contributed by atoms with Crippen LogP contribution in [0.1, 0.15) is 6.42 Å². The molecule has 0 radical (unpaired) electrons. The van der Waals surface area contributed by atoms with E-state index in [9.17, 15) is 13.2 Å². The molecule has 0 rings (SSSR count). The highest BCUT2D eigenvalue weighted by atomic mass is 32.2. The molecule has 0 aliphatic rings. The van der Waals surface area contributed by atoms with Crippen LogP contribution in [0.2, 0.25) is 0 Å². The second-order valence-corrected chi connectivity index (χ2v) is 5.33. The Morgan fingerprint density at radius 3 is 2.33 bits per heavy atom. The third kappa shape index (κ3) is 5.34. The highest BCUT2D eigenvalue weighted by Gasteiger charge is 2.17. The molecule has 7 heteroatoms. The van der Waals surface area contributed by atoms with Gasteiger partial charge in [0.05, 0.1) is 25.3 Å². The molecule has 0 saturated heterocycles. The number of nitrogens with zero attached hydrogens (tertiary/aromatic N) is 3. The summed E-state index contributed by atoms with van der Waals surface area (Å²) in [6.07, 6.45) is 1.28. The molecule has 0 unspecified atom stereocenters. The van der Waals surface area contributed by atoms with Gasteiger partial charge in [0.25, 0.3) is 0 Å². The summed E-state index contributed by atoms with van der Waals surface area (Å²) < 4.78 is 23.0. The zero-order chi connectivity index (χ0) is 12.1. The Morgan fingerprint density at radius 2 is 1.93 bits per heavy atom. The van der Waals surface area contributed by atoms with E-state index < -0.39 is 10.0 Å². The van der Waals surface area contributed by atoms with Crippen LogP contribution in [-0.4, -0.2) is 57.0 Å². The van der Waals surface area contributed by atoms with Crippen molar-refractivity contribution in [1.29, 1.82) is 5.26 Å². The topological polar surface area (TPSA) is 81.5 Å². The Kier molecular flexibility index (Phi) is 5.25. The van der Waals surface area contributed by atoms with E-state index in [0.717, 1.165) is 10.6 Å². The zero-order valence-corrected chi connectivity index (χ0v) is 9.91. The fourth-order valence-electron chi connectivity index (χ4n) is 0.771. The van der Waals surface area contributed by atoms with E-state index in [1.165, 1.54) is 19.0 Å². The number of rotatable bonds is 5. The predicted octanol–water partition coefficient (Wildman–Crippen LogP) is -0.750. The molecule has 0 saturated carbocycles. The first-order chi connectivity index (χ1) is 6.79. The lowest BCUT2D eigenvalue weighted by Gasteiger charge is -2.19. The maximum absolute atomic E-state index is 11.4. The molecule has 0 aromatic heterocycles. The fraction of sp³-hybridized carbons (Fsp3) is 0.750. The van der Waals surface area contributed by atoms with Crippen molar-refractivity contribution in [1.82, 2.24) is 9.21 Å². The molecule has 0 aromatic carbocycles. The highest BCUT2D eigenvalue weighted by Crippen LogP contribution is 1.95. The number of sulfonamides is 1. The Bertz CT molecular complexity index is 358. The zero-order valence-electron chi connectivity index (χ0n) is 9.10. The van der Waals surface area contributed by atoms with Gasteiger partial charge in [-0.3, -0.25) is 4.79 Å². The third-order valence-corrected chi connectivity index (χ3v) is 3.17. The lowest BCUT2D eigenvalue weighted by Crippen LogP contribution is -2.39. The lowest BCUT2D eigenvalue weighted by atomic mass is 10.4. The summed E-state index contributed by atoms with van der Waals surface area (Å²) in [4.78, 5) is 12.8. The van der Waals surface area contributed by atoms with Gasteiger partial charge < -0.3 is 4.90 Å². The van der Waals surface area contributed by atoms with Gasteiger partial charge in [-0.15, -0.1) is 0 Å². The summed E-state index contributed by atoms with van der Waals surface area (Å²) in [5.41, 5.74) is 0. The van der Waals surface area contributed by atoms with Gasteiger partial charge >= 0.3 is 0 Å². The molecule has 15 heavy (non-hydrogen) atoms. The van der Waals surface area contributed by atoms with Crippen LogP contribution in [0.5, 0.6) is 0 Å². The van der Waals surface area contributed by atoms with Crippen LogP contribution < -0.4 is 0 Å². The van der Waals surface area contributed by atoms with Crippen molar-refractivity contribution < 1.29 is 13.2 Å². The minimum Gasteiger partial charge on any atom is -0.344 e. The molecular formula is C8H15N3O3S. The Balaban J connectivity index is 4.21.